The summed E-state index contributed by atoms with van der Waals surface area (Å²) in [4.78, 5) is 0. The highest BCUT2D eigenvalue weighted by atomic mass is 16.5. The third-order valence-electron chi connectivity index (χ3n) is 4.11. The molecule has 0 aliphatic carbocycles. The van der Waals surface area contributed by atoms with E-state index in [2.05, 4.69) is 46.7 Å². The van der Waals surface area contributed by atoms with Gasteiger partial charge in [-0.2, -0.15) is 0 Å². The summed E-state index contributed by atoms with van der Waals surface area (Å²) in [7, 11) is 1.65. The largest absolute Gasteiger partial charge is 0.494 e. The summed E-state index contributed by atoms with van der Waals surface area (Å²) in [6.07, 6.45) is 1.91. The van der Waals surface area contributed by atoms with Gasteiger partial charge < -0.3 is 4.74 Å². The summed E-state index contributed by atoms with van der Waals surface area (Å²) in [5.74, 6) is 0.762. The second kappa shape index (κ2) is 6.61. The summed E-state index contributed by atoms with van der Waals surface area (Å²) >= 11 is 0. The third-order valence-corrected chi connectivity index (χ3v) is 4.11. The number of benzene rings is 3. The highest BCUT2D eigenvalue weighted by molar-refractivity contribution is 5.68. The minimum Gasteiger partial charge on any atom is -0.494 e. The van der Waals surface area contributed by atoms with Crippen LogP contribution in [0.2, 0.25) is 0 Å². The van der Waals surface area contributed by atoms with E-state index in [1.807, 2.05) is 48.7 Å². The molecule has 0 radical (unpaired) electrons. The minimum absolute atomic E-state index is 0.762. The van der Waals surface area contributed by atoms with Crippen LogP contribution in [0.4, 0.5) is 0 Å². The lowest BCUT2D eigenvalue weighted by Crippen LogP contribution is -1.98. The molecule has 0 fully saturated rings. The second-order valence-corrected chi connectivity index (χ2v) is 5.66. The maximum Gasteiger partial charge on any atom is 0.144 e. The molecule has 0 unspecified atom stereocenters. The van der Waals surface area contributed by atoms with Crippen LogP contribution in [0.5, 0.6) is 5.75 Å². The summed E-state index contributed by atoms with van der Waals surface area (Å²) in [5, 5.41) is 8.54. The van der Waals surface area contributed by atoms with Crippen molar-refractivity contribution in [2.24, 2.45) is 0 Å². The van der Waals surface area contributed by atoms with Gasteiger partial charge in [0.15, 0.2) is 0 Å². The van der Waals surface area contributed by atoms with Gasteiger partial charge in [-0.1, -0.05) is 71.9 Å². The first-order chi connectivity index (χ1) is 12.3. The molecule has 25 heavy (non-hydrogen) atoms. The maximum atomic E-state index is 5.39. The number of methoxy groups -OCH3 is 1. The van der Waals surface area contributed by atoms with Crippen LogP contribution in [0.3, 0.4) is 0 Å². The van der Waals surface area contributed by atoms with Crippen molar-refractivity contribution in [3.05, 3.63) is 85.1 Å². The van der Waals surface area contributed by atoms with E-state index >= 15 is 0 Å². The zero-order chi connectivity index (χ0) is 17.1. The molecule has 0 aliphatic rings. The molecular formula is C21H17N3O. The van der Waals surface area contributed by atoms with Gasteiger partial charge in [-0.15, -0.1) is 5.10 Å². The second-order valence-electron chi connectivity index (χ2n) is 5.66. The lowest BCUT2D eigenvalue weighted by Gasteiger charge is -2.06. The fraction of sp³-hybridized carbons (Fsp3) is 0.0476. The molecule has 4 heteroatoms. The van der Waals surface area contributed by atoms with Crippen molar-refractivity contribution in [2.45, 2.75) is 0 Å². The van der Waals surface area contributed by atoms with Crippen molar-refractivity contribution in [1.29, 1.82) is 0 Å². The highest BCUT2D eigenvalue weighted by Gasteiger charge is 2.09. The monoisotopic (exact) mass is 327 g/mol. The maximum absolute atomic E-state index is 5.39. The van der Waals surface area contributed by atoms with Crippen molar-refractivity contribution >= 4 is 0 Å². The summed E-state index contributed by atoms with van der Waals surface area (Å²) in [6.45, 7) is 0. The van der Waals surface area contributed by atoms with E-state index in [9.17, 15) is 0 Å². The van der Waals surface area contributed by atoms with E-state index in [0.717, 1.165) is 22.7 Å². The van der Waals surface area contributed by atoms with Gasteiger partial charge in [0.25, 0.3) is 0 Å². The standard InChI is InChI=1S/C21H17N3O/c1-25-21-10-6-5-9-20(21)24-15-19(22-23-24)18-13-11-17(12-14-18)16-7-3-2-4-8-16/h2-15H,1H3. The average molecular weight is 327 g/mol. The normalized spacial score (nSPS) is 10.6. The Morgan fingerprint density at radius 3 is 2.12 bits per heavy atom. The molecule has 0 N–H and O–H groups in total. The van der Waals surface area contributed by atoms with Gasteiger partial charge in [0.2, 0.25) is 0 Å². The first-order valence-corrected chi connectivity index (χ1v) is 8.07. The predicted molar refractivity (Wildman–Crippen MR) is 98.8 cm³/mol. The fourth-order valence-corrected chi connectivity index (χ4v) is 2.80. The van der Waals surface area contributed by atoms with E-state index in [4.69, 9.17) is 4.74 Å². The van der Waals surface area contributed by atoms with Crippen molar-refractivity contribution in [1.82, 2.24) is 15.0 Å². The van der Waals surface area contributed by atoms with Gasteiger partial charge in [0.1, 0.15) is 17.1 Å². The Kier molecular flexibility index (Phi) is 4.01. The lowest BCUT2D eigenvalue weighted by molar-refractivity contribution is 0.411. The number of hydrogen-bond donors (Lipinski definition) is 0. The fourth-order valence-electron chi connectivity index (χ4n) is 2.80. The Morgan fingerprint density at radius 1 is 0.720 bits per heavy atom. The van der Waals surface area contributed by atoms with Crippen LogP contribution >= 0.6 is 0 Å². The molecule has 4 nitrogen and oxygen atoms in total. The van der Waals surface area contributed by atoms with Gasteiger partial charge in [0.05, 0.1) is 13.3 Å². The van der Waals surface area contributed by atoms with Crippen LogP contribution in [0.25, 0.3) is 28.1 Å². The zero-order valence-electron chi connectivity index (χ0n) is 13.8. The summed E-state index contributed by atoms with van der Waals surface area (Å²) in [6, 6.07) is 26.4. The molecular weight excluding hydrogens is 310 g/mol. The Morgan fingerprint density at radius 2 is 1.36 bits per heavy atom. The van der Waals surface area contributed by atoms with Crippen LogP contribution in [-0.4, -0.2) is 22.1 Å². The summed E-state index contributed by atoms with van der Waals surface area (Å²) in [5.41, 5.74) is 5.10. The van der Waals surface area contributed by atoms with Gasteiger partial charge >= 0.3 is 0 Å². The third kappa shape index (κ3) is 3.02. The topological polar surface area (TPSA) is 39.9 Å². The molecule has 3 aromatic carbocycles. The number of ether oxygens (including phenoxy) is 1. The molecule has 0 atom stereocenters. The minimum atomic E-state index is 0.762. The molecule has 122 valence electrons. The van der Waals surface area contributed by atoms with Gasteiger partial charge in [-0.3, -0.25) is 0 Å². The van der Waals surface area contributed by atoms with Crippen molar-refractivity contribution in [3.63, 3.8) is 0 Å². The molecule has 1 heterocycles. The Labute approximate surface area is 146 Å². The van der Waals surface area contributed by atoms with E-state index in [0.29, 0.717) is 0 Å². The highest BCUT2D eigenvalue weighted by Crippen LogP contribution is 2.26. The number of nitrogens with zero attached hydrogens (tertiary/aromatic N) is 3. The van der Waals surface area contributed by atoms with E-state index in [-0.39, 0.29) is 0 Å². The van der Waals surface area contributed by atoms with E-state index in [1.54, 1.807) is 11.8 Å². The number of hydrogen-bond acceptors (Lipinski definition) is 3. The lowest BCUT2D eigenvalue weighted by atomic mass is 10.0. The first kappa shape index (κ1) is 15.1. The predicted octanol–water partition coefficient (Wildman–Crippen LogP) is 4.61. The van der Waals surface area contributed by atoms with Crippen LogP contribution in [0.15, 0.2) is 85.1 Å². The number of aromatic nitrogens is 3. The van der Waals surface area contributed by atoms with Crippen LogP contribution in [-0.2, 0) is 0 Å². The Hall–Kier alpha value is -3.40. The molecule has 0 bridgehead atoms. The van der Waals surface area contributed by atoms with Crippen molar-refractivity contribution < 1.29 is 4.74 Å². The molecule has 0 saturated heterocycles. The molecule has 0 spiro atoms. The smallest absolute Gasteiger partial charge is 0.144 e. The molecule has 0 amide bonds. The zero-order valence-corrected chi connectivity index (χ0v) is 13.8. The molecule has 0 aliphatic heterocycles. The molecule has 0 saturated carbocycles. The number of rotatable bonds is 4. The quantitative estimate of drug-likeness (QED) is 0.549. The van der Waals surface area contributed by atoms with Crippen LogP contribution in [0.1, 0.15) is 0 Å². The summed E-state index contributed by atoms with van der Waals surface area (Å²) < 4.78 is 7.13. The molecule has 4 rings (SSSR count). The molecule has 4 aromatic rings. The first-order valence-electron chi connectivity index (χ1n) is 8.07. The van der Waals surface area contributed by atoms with Gasteiger partial charge in [0, 0.05) is 5.56 Å². The Balaban J connectivity index is 1.64. The van der Waals surface area contributed by atoms with E-state index < -0.39 is 0 Å². The SMILES string of the molecule is COc1ccccc1-n1cc(-c2ccc(-c3ccccc3)cc2)nn1. The average Bonchev–Trinajstić information content (AvgIpc) is 3.19. The van der Waals surface area contributed by atoms with Crippen molar-refractivity contribution in [3.8, 4) is 33.8 Å². The van der Waals surface area contributed by atoms with Crippen LogP contribution in [0, 0.1) is 0 Å². The van der Waals surface area contributed by atoms with Gasteiger partial charge in [-0.05, 0) is 23.3 Å². The number of para-hydroxylation sites is 2. The van der Waals surface area contributed by atoms with E-state index in [1.165, 1.54) is 11.1 Å². The van der Waals surface area contributed by atoms with Gasteiger partial charge in [-0.25, -0.2) is 4.68 Å². The van der Waals surface area contributed by atoms with Crippen LogP contribution < -0.4 is 4.74 Å². The Bertz CT molecular complexity index is 975. The van der Waals surface area contributed by atoms with Crippen molar-refractivity contribution in [2.75, 3.05) is 7.11 Å². The molecule has 1 aromatic heterocycles.